The van der Waals surface area contributed by atoms with Crippen LogP contribution in [0, 0.1) is 18.7 Å². The highest BCUT2D eigenvalue weighted by molar-refractivity contribution is 5.79. The van der Waals surface area contributed by atoms with Crippen LogP contribution in [0.2, 0.25) is 0 Å². The van der Waals surface area contributed by atoms with E-state index in [-0.39, 0.29) is 17.6 Å². The number of rotatable bonds is 3. The molecule has 1 amide bonds. The third-order valence-electron chi connectivity index (χ3n) is 3.95. The van der Waals surface area contributed by atoms with Gasteiger partial charge in [0.05, 0.1) is 5.92 Å². The Kier molecular flexibility index (Phi) is 4.09. The topological polar surface area (TPSA) is 38.3 Å². The van der Waals surface area contributed by atoms with Gasteiger partial charge in [-0.25, -0.2) is 4.39 Å². The lowest BCUT2D eigenvalue weighted by Crippen LogP contribution is -2.37. The van der Waals surface area contributed by atoms with Crippen molar-refractivity contribution in [3.63, 3.8) is 0 Å². The summed E-state index contributed by atoms with van der Waals surface area (Å²) >= 11 is 0. The molecule has 2 aromatic rings. The van der Waals surface area contributed by atoms with Crippen LogP contribution in [0.3, 0.4) is 0 Å². The Morgan fingerprint density at radius 1 is 1.32 bits per heavy atom. The van der Waals surface area contributed by atoms with Gasteiger partial charge in [0.15, 0.2) is 0 Å². The molecule has 1 N–H and O–H groups in total. The van der Waals surface area contributed by atoms with Crippen LogP contribution >= 0.6 is 0 Å². The van der Waals surface area contributed by atoms with Gasteiger partial charge in [0, 0.05) is 6.54 Å². The average Bonchev–Trinajstić information content (AvgIpc) is 2.55. The minimum atomic E-state index is -0.248. The van der Waals surface area contributed by atoms with E-state index in [1.165, 1.54) is 6.07 Å². The number of amides is 1. The minimum Gasteiger partial charge on any atom is -0.492 e. The Labute approximate surface area is 129 Å². The summed E-state index contributed by atoms with van der Waals surface area (Å²) in [6, 6.07) is 12.8. The molecule has 3 nitrogen and oxygen atoms in total. The molecule has 22 heavy (non-hydrogen) atoms. The molecular formula is C18H18FNO2. The van der Waals surface area contributed by atoms with Crippen molar-refractivity contribution in [3.05, 3.63) is 65.0 Å². The smallest absolute Gasteiger partial charge is 0.227 e. The van der Waals surface area contributed by atoms with Crippen LogP contribution in [0.1, 0.15) is 16.7 Å². The SMILES string of the molecule is Cc1ccc(CNC(=O)C2COc3ccccc3C2)cc1F. The quantitative estimate of drug-likeness (QED) is 0.946. The molecule has 0 bridgehead atoms. The zero-order valence-corrected chi connectivity index (χ0v) is 12.4. The molecule has 2 aromatic carbocycles. The lowest BCUT2D eigenvalue weighted by molar-refractivity contribution is -0.126. The fraction of sp³-hybridized carbons (Fsp3) is 0.278. The largest absolute Gasteiger partial charge is 0.492 e. The van der Waals surface area contributed by atoms with E-state index in [9.17, 15) is 9.18 Å². The van der Waals surface area contributed by atoms with E-state index < -0.39 is 0 Å². The summed E-state index contributed by atoms with van der Waals surface area (Å²) in [4.78, 5) is 12.2. The zero-order chi connectivity index (χ0) is 15.5. The third-order valence-corrected chi connectivity index (χ3v) is 3.95. The minimum absolute atomic E-state index is 0.0597. The van der Waals surface area contributed by atoms with E-state index in [0.29, 0.717) is 25.1 Å². The van der Waals surface area contributed by atoms with E-state index in [0.717, 1.165) is 16.9 Å². The first-order valence-electron chi connectivity index (χ1n) is 7.37. The van der Waals surface area contributed by atoms with Crippen molar-refractivity contribution in [2.45, 2.75) is 19.9 Å². The predicted octanol–water partition coefficient (Wildman–Crippen LogP) is 3.00. The van der Waals surface area contributed by atoms with Crippen LogP contribution in [0.4, 0.5) is 4.39 Å². The molecule has 114 valence electrons. The highest BCUT2D eigenvalue weighted by atomic mass is 19.1. The van der Waals surface area contributed by atoms with Crippen molar-refractivity contribution in [1.82, 2.24) is 5.32 Å². The molecule has 0 radical (unpaired) electrons. The van der Waals surface area contributed by atoms with Gasteiger partial charge in [-0.05, 0) is 42.2 Å². The number of hydrogen-bond donors (Lipinski definition) is 1. The summed E-state index contributed by atoms with van der Waals surface area (Å²) in [5.41, 5.74) is 2.41. The summed E-state index contributed by atoms with van der Waals surface area (Å²) in [6.07, 6.45) is 0.671. The maximum atomic E-state index is 13.5. The Bertz CT molecular complexity index is 699. The Morgan fingerprint density at radius 2 is 2.14 bits per heavy atom. The van der Waals surface area contributed by atoms with Gasteiger partial charge in [0.25, 0.3) is 0 Å². The van der Waals surface area contributed by atoms with Gasteiger partial charge in [0.1, 0.15) is 18.2 Å². The van der Waals surface area contributed by atoms with Gasteiger partial charge >= 0.3 is 0 Å². The summed E-state index contributed by atoms with van der Waals surface area (Å²) in [7, 11) is 0. The number of para-hydroxylation sites is 1. The first-order valence-corrected chi connectivity index (χ1v) is 7.37. The summed E-state index contributed by atoms with van der Waals surface area (Å²) in [5.74, 6) is 0.342. The fourth-order valence-electron chi connectivity index (χ4n) is 2.58. The molecule has 1 aliphatic heterocycles. The van der Waals surface area contributed by atoms with E-state index in [1.54, 1.807) is 13.0 Å². The number of carbonyl (C=O) groups is 1. The first kappa shape index (κ1) is 14.6. The van der Waals surface area contributed by atoms with E-state index in [2.05, 4.69) is 5.32 Å². The molecule has 0 aliphatic carbocycles. The second kappa shape index (κ2) is 6.18. The highest BCUT2D eigenvalue weighted by Gasteiger charge is 2.25. The van der Waals surface area contributed by atoms with Gasteiger partial charge in [-0.15, -0.1) is 0 Å². The van der Waals surface area contributed by atoms with Crippen molar-refractivity contribution in [1.29, 1.82) is 0 Å². The molecule has 0 aromatic heterocycles. The van der Waals surface area contributed by atoms with Crippen molar-refractivity contribution in [2.75, 3.05) is 6.61 Å². The molecular weight excluding hydrogens is 281 g/mol. The molecule has 4 heteroatoms. The number of aryl methyl sites for hydroxylation is 1. The van der Waals surface area contributed by atoms with Crippen molar-refractivity contribution >= 4 is 5.91 Å². The number of carbonyl (C=O) groups excluding carboxylic acids is 1. The van der Waals surface area contributed by atoms with Crippen LogP contribution in [0.15, 0.2) is 42.5 Å². The maximum Gasteiger partial charge on any atom is 0.227 e. The van der Waals surface area contributed by atoms with Crippen LogP contribution in [-0.2, 0) is 17.8 Å². The van der Waals surface area contributed by atoms with E-state index in [1.807, 2.05) is 30.3 Å². The number of hydrogen-bond acceptors (Lipinski definition) is 2. The second-order valence-corrected chi connectivity index (χ2v) is 5.62. The molecule has 0 spiro atoms. The van der Waals surface area contributed by atoms with Crippen LogP contribution < -0.4 is 10.1 Å². The number of nitrogens with one attached hydrogen (secondary N) is 1. The normalized spacial score (nSPS) is 16.5. The van der Waals surface area contributed by atoms with E-state index in [4.69, 9.17) is 4.74 Å². The Balaban J connectivity index is 1.60. The molecule has 1 heterocycles. The monoisotopic (exact) mass is 299 g/mol. The molecule has 0 saturated carbocycles. The molecule has 1 unspecified atom stereocenters. The van der Waals surface area contributed by atoms with Crippen LogP contribution in [-0.4, -0.2) is 12.5 Å². The second-order valence-electron chi connectivity index (χ2n) is 5.62. The van der Waals surface area contributed by atoms with Crippen molar-refractivity contribution < 1.29 is 13.9 Å². The number of benzene rings is 2. The predicted molar refractivity (Wildman–Crippen MR) is 82.1 cm³/mol. The van der Waals surface area contributed by atoms with Crippen molar-refractivity contribution in [2.24, 2.45) is 5.92 Å². The van der Waals surface area contributed by atoms with Gasteiger partial charge in [-0.3, -0.25) is 4.79 Å². The molecule has 1 aliphatic rings. The van der Waals surface area contributed by atoms with E-state index >= 15 is 0 Å². The maximum absolute atomic E-state index is 13.5. The van der Waals surface area contributed by atoms with Gasteiger partial charge in [-0.1, -0.05) is 30.3 Å². The molecule has 1 atom stereocenters. The Morgan fingerprint density at radius 3 is 2.95 bits per heavy atom. The van der Waals surface area contributed by atoms with Gasteiger partial charge in [-0.2, -0.15) is 0 Å². The lowest BCUT2D eigenvalue weighted by atomic mass is 9.96. The average molecular weight is 299 g/mol. The summed E-state index contributed by atoms with van der Waals surface area (Å²) in [6.45, 7) is 2.42. The van der Waals surface area contributed by atoms with Gasteiger partial charge in [0.2, 0.25) is 5.91 Å². The third kappa shape index (κ3) is 3.11. The molecule has 0 fully saturated rings. The summed E-state index contributed by atoms with van der Waals surface area (Å²) in [5, 5.41) is 2.86. The summed E-state index contributed by atoms with van der Waals surface area (Å²) < 4.78 is 19.1. The van der Waals surface area contributed by atoms with Gasteiger partial charge < -0.3 is 10.1 Å². The van der Waals surface area contributed by atoms with Crippen molar-refractivity contribution in [3.8, 4) is 5.75 Å². The standard InChI is InChI=1S/C18H18FNO2/c1-12-6-7-13(8-16(12)19)10-20-18(21)15-9-14-4-2-3-5-17(14)22-11-15/h2-8,15H,9-11H2,1H3,(H,20,21). The Hall–Kier alpha value is -2.36. The number of halogens is 1. The zero-order valence-electron chi connectivity index (χ0n) is 12.4. The number of ether oxygens (including phenoxy) is 1. The highest BCUT2D eigenvalue weighted by Crippen LogP contribution is 2.26. The molecule has 3 rings (SSSR count). The molecule has 0 saturated heterocycles. The lowest BCUT2D eigenvalue weighted by Gasteiger charge is -2.24. The first-order chi connectivity index (χ1) is 10.6. The fourth-order valence-corrected chi connectivity index (χ4v) is 2.58. The van der Waals surface area contributed by atoms with Crippen LogP contribution in [0.5, 0.6) is 5.75 Å². The van der Waals surface area contributed by atoms with Crippen LogP contribution in [0.25, 0.3) is 0 Å². The number of fused-ring (bicyclic) bond motifs is 1.